The molecule has 0 aromatic carbocycles. The number of aliphatic hydroxyl groups excluding tert-OH is 3. The molecule has 11 heavy (non-hydrogen) atoms. The molecular formula is C7H16NO3+. The molecule has 0 unspecified atom stereocenters. The predicted octanol–water partition coefficient (Wildman–Crippen LogP) is -2.28. The average Bonchev–Trinajstić information content (AvgIpc) is 2.19. The second-order valence-electron chi connectivity index (χ2n) is 3.25. The minimum atomic E-state index is -0.702. The first-order valence-electron chi connectivity index (χ1n) is 3.97. The van der Waals surface area contributed by atoms with Crippen LogP contribution < -0.4 is 5.73 Å². The topological polar surface area (TPSA) is 88.3 Å². The first-order chi connectivity index (χ1) is 5.16. The van der Waals surface area contributed by atoms with Gasteiger partial charge in [0.25, 0.3) is 0 Å². The van der Waals surface area contributed by atoms with Gasteiger partial charge < -0.3 is 21.1 Å². The van der Waals surface area contributed by atoms with Gasteiger partial charge in [0, 0.05) is 13.0 Å². The molecule has 4 atom stereocenters. The van der Waals surface area contributed by atoms with Crippen molar-refractivity contribution < 1.29 is 21.1 Å². The molecule has 1 fully saturated rings. The summed E-state index contributed by atoms with van der Waals surface area (Å²) in [5.74, 6) is 0.0255. The van der Waals surface area contributed by atoms with E-state index in [0.29, 0.717) is 12.8 Å². The molecule has 4 nitrogen and oxygen atoms in total. The Morgan fingerprint density at radius 1 is 1.27 bits per heavy atom. The monoisotopic (exact) mass is 162 g/mol. The molecule has 0 aromatic rings. The summed E-state index contributed by atoms with van der Waals surface area (Å²) in [5.41, 5.74) is 3.71. The first kappa shape index (κ1) is 8.93. The zero-order valence-electron chi connectivity index (χ0n) is 6.48. The van der Waals surface area contributed by atoms with Gasteiger partial charge >= 0.3 is 0 Å². The van der Waals surface area contributed by atoms with Crippen molar-refractivity contribution in [3.8, 4) is 0 Å². The van der Waals surface area contributed by atoms with Gasteiger partial charge in [0.05, 0.1) is 6.10 Å². The number of hydrogen-bond acceptors (Lipinski definition) is 3. The molecule has 0 aliphatic heterocycles. The maximum Gasteiger partial charge on any atom is 0.131 e. The third-order valence-corrected chi connectivity index (χ3v) is 2.42. The Morgan fingerprint density at radius 3 is 2.27 bits per heavy atom. The number of rotatable bonds is 2. The van der Waals surface area contributed by atoms with Gasteiger partial charge in [0.2, 0.25) is 0 Å². The lowest BCUT2D eigenvalue weighted by molar-refractivity contribution is -0.434. The molecule has 0 aromatic heterocycles. The fourth-order valence-corrected chi connectivity index (χ4v) is 1.68. The Hall–Kier alpha value is -0.160. The van der Waals surface area contributed by atoms with Gasteiger partial charge in [0.1, 0.15) is 12.1 Å². The lowest BCUT2D eigenvalue weighted by atomic mass is 10.0. The summed E-state index contributed by atoms with van der Waals surface area (Å²) in [5, 5.41) is 27.2. The Kier molecular flexibility index (Phi) is 2.84. The summed E-state index contributed by atoms with van der Waals surface area (Å²) in [6, 6.07) is -0.0819. The van der Waals surface area contributed by atoms with Crippen LogP contribution in [0.3, 0.4) is 0 Å². The van der Waals surface area contributed by atoms with Crippen LogP contribution in [0.1, 0.15) is 12.8 Å². The molecule has 6 N–H and O–H groups in total. The Morgan fingerprint density at radius 2 is 1.91 bits per heavy atom. The number of aliphatic hydroxyl groups is 3. The van der Waals surface area contributed by atoms with Crippen LogP contribution in [0.2, 0.25) is 0 Å². The van der Waals surface area contributed by atoms with E-state index >= 15 is 0 Å². The molecule has 4 heteroatoms. The van der Waals surface area contributed by atoms with Gasteiger partial charge in [-0.05, 0) is 12.3 Å². The first-order valence-corrected chi connectivity index (χ1v) is 3.97. The van der Waals surface area contributed by atoms with E-state index in [-0.39, 0.29) is 18.6 Å². The van der Waals surface area contributed by atoms with E-state index in [2.05, 4.69) is 5.73 Å². The van der Waals surface area contributed by atoms with Gasteiger partial charge in [-0.15, -0.1) is 0 Å². The standard InChI is InChI=1S/C7H15NO3/c8-5-3-4(1-2-9)6(10)7(5)11/h4-7,9-11H,1-3,8H2/p+1/t4-,5+,6-,7-/m1/s1. The molecule has 0 saturated heterocycles. The van der Waals surface area contributed by atoms with Crippen molar-refractivity contribution in [3.63, 3.8) is 0 Å². The normalized spacial score (nSPS) is 44.7. The molecule has 1 aliphatic rings. The lowest BCUT2D eigenvalue weighted by Crippen LogP contribution is -2.65. The van der Waals surface area contributed by atoms with Gasteiger partial charge in [-0.3, -0.25) is 0 Å². The lowest BCUT2D eigenvalue weighted by Gasteiger charge is -2.13. The van der Waals surface area contributed by atoms with E-state index < -0.39 is 12.2 Å². The predicted molar refractivity (Wildman–Crippen MR) is 38.5 cm³/mol. The SMILES string of the molecule is [NH3+][C@H]1C[C@@H](CCO)[C@@H](O)[C@@H]1O. The number of hydrogen-bond donors (Lipinski definition) is 4. The molecule has 1 aliphatic carbocycles. The highest BCUT2D eigenvalue weighted by atomic mass is 16.3. The number of quaternary nitrogens is 1. The third kappa shape index (κ3) is 1.70. The minimum Gasteiger partial charge on any atom is -0.396 e. The molecule has 0 heterocycles. The second-order valence-corrected chi connectivity index (χ2v) is 3.25. The maximum absolute atomic E-state index is 9.36. The van der Waals surface area contributed by atoms with Crippen LogP contribution in [-0.2, 0) is 0 Å². The Bertz CT molecular complexity index is 131. The average molecular weight is 162 g/mol. The Labute approximate surface area is 65.6 Å². The van der Waals surface area contributed by atoms with E-state index in [4.69, 9.17) is 5.11 Å². The quantitative estimate of drug-likeness (QED) is 0.369. The fraction of sp³-hybridized carbons (Fsp3) is 1.00. The van der Waals surface area contributed by atoms with Crippen LogP contribution in [0.4, 0.5) is 0 Å². The molecule has 0 bridgehead atoms. The van der Waals surface area contributed by atoms with Crippen molar-refractivity contribution in [3.05, 3.63) is 0 Å². The van der Waals surface area contributed by atoms with E-state index in [1.54, 1.807) is 0 Å². The summed E-state index contributed by atoms with van der Waals surface area (Å²) in [7, 11) is 0. The highest BCUT2D eigenvalue weighted by Gasteiger charge is 2.41. The van der Waals surface area contributed by atoms with Crippen LogP contribution in [0.15, 0.2) is 0 Å². The molecule has 1 saturated carbocycles. The van der Waals surface area contributed by atoms with E-state index in [1.807, 2.05) is 0 Å². The van der Waals surface area contributed by atoms with Crippen LogP contribution in [0.5, 0.6) is 0 Å². The second kappa shape index (κ2) is 3.49. The molecule has 1 rings (SSSR count). The van der Waals surface area contributed by atoms with Crippen molar-refractivity contribution in [2.24, 2.45) is 5.92 Å². The van der Waals surface area contributed by atoms with Crippen molar-refractivity contribution >= 4 is 0 Å². The molecular weight excluding hydrogens is 146 g/mol. The summed E-state index contributed by atoms with van der Waals surface area (Å²) in [4.78, 5) is 0. The highest BCUT2D eigenvalue weighted by molar-refractivity contribution is 4.89. The van der Waals surface area contributed by atoms with Crippen molar-refractivity contribution in [2.75, 3.05) is 6.61 Å². The van der Waals surface area contributed by atoms with Crippen LogP contribution in [0, 0.1) is 5.92 Å². The van der Waals surface area contributed by atoms with E-state index in [9.17, 15) is 10.2 Å². The van der Waals surface area contributed by atoms with Gasteiger partial charge in [-0.25, -0.2) is 0 Å². The Balaban J connectivity index is 2.45. The van der Waals surface area contributed by atoms with Crippen LogP contribution >= 0.6 is 0 Å². The van der Waals surface area contributed by atoms with E-state index in [0.717, 1.165) is 0 Å². The van der Waals surface area contributed by atoms with Gasteiger partial charge in [0.15, 0.2) is 0 Å². The maximum atomic E-state index is 9.36. The largest absolute Gasteiger partial charge is 0.396 e. The van der Waals surface area contributed by atoms with Gasteiger partial charge in [-0.2, -0.15) is 0 Å². The zero-order chi connectivity index (χ0) is 8.43. The fourth-order valence-electron chi connectivity index (χ4n) is 1.68. The van der Waals surface area contributed by atoms with Crippen LogP contribution in [-0.4, -0.2) is 40.2 Å². The molecule has 0 amide bonds. The third-order valence-electron chi connectivity index (χ3n) is 2.42. The van der Waals surface area contributed by atoms with Gasteiger partial charge in [-0.1, -0.05) is 0 Å². The van der Waals surface area contributed by atoms with E-state index in [1.165, 1.54) is 0 Å². The summed E-state index contributed by atoms with van der Waals surface area (Å²) in [6.07, 6.45) is -0.121. The summed E-state index contributed by atoms with van der Waals surface area (Å²) >= 11 is 0. The molecule has 66 valence electrons. The molecule has 0 spiro atoms. The van der Waals surface area contributed by atoms with Crippen molar-refractivity contribution in [1.29, 1.82) is 0 Å². The highest BCUT2D eigenvalue weighted by Crippen LogP contribution is 2.26. The smallest absolute Gasteiger partial charge is 0.131 e. The zero-order valence-corrected chi connectivity index (χ0v) is 6.48. The summed E-state index contributed by atoms with van der Waals surface area (Å²) < 4.78 is 0. The van der Waals surface area contributed by atoms with Crippen molar-refractivity contribution in [1.82, 2.24) is 0 Å². The van der Waals surface area contributed by atoms with Crippen molar-refractivity contribution in [2.45, 2.75) is 31.1 Å². The van der Waals surface area contributed by atoms with Crippen LogP contribution in [0.25, 0.3) is 0 Å². The molecule has 0 radical (unpaired) electrons. The summed E-state index contributed by atoms with van der Waals surface area (Å²) in [6.45, 7) is 0.0706. The minimum absolute atomic E-state index is 0.0255.